The number of nitrogens with two attached hydrogens (primary N) is 1. The molecule has 0 aromatic heterocycles. The Morgan fingerprint density at radius 1 is 1.00 bits per heavy atom. The lowest BCUT2D eigenvalue weighted by molar-refractivity contribution is 0.167. The molecule has 1 aliphatic heterocycles. The molecule has 0 amide bonds. The summed E-state index contributed by atoms with van der Waals surface area (Å²) in [6.07, 6.45) is 6.14. The second kappa shape index (κ2) is 11.2. The first kappa shape index (κ1) is 25.1. The zero-order valence-electron chi connectivity index (χ0n) is 20.1. The summed E-state index contributed by atoms with van der Waals surface area (Å²) in [5, 5.41) is 9.19. The lowest BCUT2D eigenvalue weighted by atomic mass is 9.68. The minimum absolute atomic E-state index is 0.280. The van der Waals surface area contributed by atoms with Crippen molar-refractivity contribution in [2.75, 3.05) is 26.7 Å². The van der Waals surface area contributed by atoms with E-state index in [1.807, 2.05) is 18.2 Å². The first-order chi connectivity index (χ1) is 16.4. The molecule has 2 fully saturated rings. The Morgan fingerprint density at radius 3 is 2.32 bits per heavy atom. The van der Waals surface area contributed by atoms with Crippen LogP contribution in [0.2, 0.25) is 0 Å². The number of rotatable bonds is 9. The SMILES string of the molecule is COc1cccc([C@]2(CNS(N)(=O)=O)CC[C@@H](NC3CCN(Cc4ccccc4)CC3)CC2)c1. The van der Waals surface area contributed by atoms with Crippen LogP contribution in [-0.4, -0.2) is 52.1 Å². The van der Waals surface area contributed by atoms with E-state index in [4.69, 9.17) is 9.88 Å². The number of ether oxygens (including phenoxy) is 1. The third-order valence-corrected chi connectivity index (χ3v) is 8.09. The molecule has 1 saturated heterocycles. The van der Waals surface area contributed by atoms with Crippen molar-refractivity contribution in [1.82, 2.24) is 14.9 Å². The van der Waals surface area contributed by atoms with Crippen LogP contribution in [0.1, 0.15) is 49.7 Å². The first-order valence-corrected chi connectivity index (χ1v) is 13.8. The van der Waals surface area contributed by atoms with E-state index in [-0.39, 0.29) is 5.41 Å². The van der Waals surface area contributed by atoms with Gasteiger partial charge in [0, 0.05) is 30.6 Å². The Kier molecular flexibility index (Phi) is 8.26. The van der Waals surface area contributed by atoms with Crippen molar-refractivity contribution < 1.29 is 13.2 Å². The van der Waals surface area contributed by atoms with E-state index in [2.05, 4.69) is 51.3 Å². The van der Waals surface area contributed by atoms with E-state index >= 15 is 0 Å². The number of likely N-dealkylation sites (tertiary alicyclic amines) is 1. The maximum Gasteiger partial charge on any atom is 0.274 e. The highest BCUT2D eigenvalue weighted by molar-refractivity contribution is 7.87. The molecule has 34 heavy (non-hydrogen) atoms. The van der Waals surface area contributed by atoms with Crippen molar-refractivity contribution in [1.29, 1.82) is 0 Å². The number of nitrogens with one attached hydrogen (secondary N) is 2. The molecule has 4 N–H and O–H groups in total. The first-order valence-electron chi connectivity index (χ1n) is 12.3. The molecule has 1 saturated carbocycles. The lowest BCUT2D eigenvalue weighted by Gasteiger charge is -2.43. The molecule has 2 aromatic rings. The summed E-state index contributed by atoms with van der Waals surface area (Å²) in [6, 6.07) is 19.7. The molecule has 7 nitrogen and oxygen atoms in total. The third-order valence-electron chi connectivity index (χ3n) is 7.54. The molecule has 2 aliphatic rings. The van der Waals surface area contributed by atoms with Crippen LogP contribution in [-0.2, 0) is 22.2 Å². The Labute approximate surface area is 204 Å². The number of piperidine rings is 1. The predicted octanol–water partition coefficient (Wildman–Crippen LogP) is 2.92. The molecule has 1 aliphatic carbocycles. The second-order valence-electron chi connectivity index (χ2n) is 9.86. The normalized spacial score (nSPS) is 24.7. The molecular weight excluding hydrogens is 448 g/mol. The van der Waals surface area contributed by atoms with E-state index < -0.39 is 10.2 Å². The summed E-state index contributed by atoms with van der Waals surface area (Å²) >= 11 is 0. The highest BCUT2D eigenvalue weighted by Gasteiger charge is 2.38. The highest BCUT2D eigenvalue weighted by atomic mass is 32.2. The standard InChI is InChI=1S/C26H38N4O3S/c1-33-25-9-5-8-22(18-25)26(20-28-34(27,31)32)14-10-23(11-15-26)29-24-12-16-30(17-13-24)19-21-6-3-2-4-7-21/h2-9,18,23-24,28-29H,10-17,19-20H2,1H3,(H2,27,31,32)/t23-,26-. The van der Waals surface area contributed by atoms with Gasteiger partial charge in [0.1, 0.15) is 5.75 Å². The fourth-order valence-electron chi connectivity index (χ4n) is 5.53. The topological polar surface area (TPSA) is 96.7 Å². The zero-order chi connectivity index (χ0) is 24.0. The Hall–Kier alpha value is -1.97. The molecule has 4 rings (SSSR count). The molecular formula is C26H38N4O3S. The molecule has 0 atom stereocenters. The van der Waals surface area contributed by atoms with Crippen LogP contribution < -0.4 is 19.9 Å². The number of benzene rings is 2. The monoisotopic (exact) mass is 486 g/mol. The number of hydrogen-bond acceptors (Lipinski definition) is 5. The van der Waals surface area contributed by atoms with Crippen LogP contribution in [0.4, 0.5) is 0 Å². The van der Waals surface area contributed by atoms with Crippen LogP contribution in [0.15, 0.2) is 54.6 Å². The van der Waals surface area contributed by atoms with Gasteiger partial charge in [-0.2, -0.15) is 8.42 Å². The largest absolute Gasteiger partial charge is 0.497 e. The molecule has 0 radical (unpaired) electrons. The average Bonchev–Trinajstić information content (AvgIpc) is 2.85. The van der Waals surface area contributed by atoms with Gasteiger partial charge in [0.15, 0.2) is 0 Å². The summed E-state index contributed by atoms with van der Waals surface area (Å²) in [6.45, 7) is 3.57. The summed E-state index contributed by atoms with van der Waals surface area (Å²) in [5.74, 6) is 0.787. The van der Waals surface area contributed by atoms with E-state index in [0.717, 1.165) is 69.5 Å². The van der Waals surface area contributed by atoms with Crippen molar-refractivity contribution in [3.05, 3.63) is 65.7 Å². The van der Waals surface area contributed by atoms with Crippen LogP contribution in [0.5, 0.6) is 5.75 Å². The highest BCUT2D eigenvalue weighted by Crippen LogP contribution is 2.40. The van der Waals surface area contributed by atoms with Gasteiger partial charge >= 0.3 is 0 Å². The van der Waals surface area contributed by atoms with Crippen molar-refractivity contribution in [2.24, 2.45) is 5.14 Å². The minimum atomic E-state index is -3.75. The average molecular weight is 487 g/mol. The fraction of sp³-hybridized carbons (Fsp3) is 0.538. The zero-order valence-corrected chi connectivity index (χ0v) is 20.9. The third kappa shape index (κ3) is 6.79. The van der Waals surface area contributed by atoms with E-state index in [1.54, 1.807) is 7.11 Å². The maximum absolute atomic E-state index is 11.7. The number of nitrogens with zero attached hydrogens (tertiary/aromatic N) is 1. The Morgan fingerprint density at radius 2 is 1.68 bits per heavy atom. The Balaban J connectivity index is 1.32. The number of methoxy groups -OCH3 is 1. The van der Waals surface area contributed by atoms with Crippen molar-refractivity contribution >= 4 is 10.2 Å². The van der Waals surface area contributed by atoms with Gasteiger partial charge in [-0.15, -0.1) is 0 Å². The van der Waals surface area contributed by atoms with Gasteiger partial charge in [-0.1, -0.05) is 42.5 Å². The van der Waals surface area contributed by atoms with E-state index in [1.165, 1.54) is 5.56 Å². The van der Waals surface area contributed by atoms with E-state index in [9.17, 15) is 8.42 Å². The molecule has 186 valence electrons. The van der Waals surface area contributed by atoms with Gasteiger partial charge in [0.2, 0.25) is 0 Å². The van der Waals surface area contributed by atoms with Crippen molar-refractivity contribution in [2.45, 2.75) is 62.6 Å². The van der Waals surface area contributed by atoms with Gasteiger partial charge < -0.3 is 10.1 Å². The van der Waals surface area contributed by atoms with Crippen LogP contribution in [0.25, 0.3) is 0 Å². The predicted molar refractivity (Wildman–Crippen MR) is 136 cm³/mol. The van der Waals surface area contributed by atoms with Gasteiger partial charge in [0.05, 0.1) is 7.11 Å². The lowest BCUT2D eigenvalue weighted by Crippen LogP contribution is -2.50. The smallest absolute Gasteiger partial charge is 0.274 e. The molecule has 0 unspecified atom stereocenters. The van der Waals surface area contributed by atoms with Crippen LogP contribution >= 0.6 is 0 Å². The van der Waals surface area contributed by atoms with Gasteiger partial charge in [0.25, 0.3) is 10.2 Å². The van der Waals surface area contributed by atoms with Crippen molar-refractivity contribution in [3.63, 3.8) is 0 Å². The van der Waals surface area contributed by atoms with Gasteiger partial charge in [-0.25, -0.2) is 9.86 Å². The summed E-state index contributed by atoms with van der Waals surface area (Å²) in [7, 11) is -2.10. The van der Waals surface area contributed by atoms with Crippen LogP contribution in [0.3, 0.4) is 0 Å². The summed E-state index contributed by atoms with van der Waals surface area (Å²) < 4.78 is 31.3. The van der Waals surface area contributed by atoms with E-state index in [0.29, 0.717) is 18.6 Å². The molecule has 1 heterocycles. The Bertz CT molecular complexity index is 1020. The number of hydrogen-bond donors (Lipinski definition) is 3. The quantitative estimate of drug-likeness (QED) is 0.506. The second-order valence-corrected chi connectivity index (χ2v) is 11.2. The minimum Gasteiger partial charge on any atom is -0.497 e. The molecule has 0 spiro atoms. The van der Waals surface area contributed by atoms with Crippen LogP contribution in [0, 0.1) is 0 Å². The molecule has 0 bridgehead atoms. The molecule has 8 heteroatoms. The van der Waals surface area contributed by atoms with Gasteiger partial charge in [-0.05, 0) is 74.9 Å². The molecule has 2 aromatic carbocycles. The fourth-order valence-corrected chi connectivity index (χ4v) is 6.01. The summed E-state index contributed by atoms with van der Waals surface area (Å²) in [5.41, 5.74) is 2.21. The maximum atomic E-state index is 11.7. The van der Waals surface area contributed by atoms with Crippen molar-refractivity contribution in [3.8, 4) is 5.75 Å². The summed E-state index contributed by atoms with van der Waals surface area (Å²) in [4.78, 5) is 2.54. The van der Waals surface area contributed by atoms with Gasteiger partial charge in [-0.3, -0.25) is 4.90 Å².